The molecule has 0 unspecified atom stereocenters. The van der Waals surface area contributed by atoms with Gasteiger partial charge in [0.25, 0.3) is 5.82 Å². The molecule has 0 atom stereocenters. The molecule has 0 aliphatic carbocycles. The van der Waals surface area contributed by atoms with Crippen LogP contribution in [0.4, 0.5) is 10.2 Å². The Morgan fingerprint density at radius 2 is 1.15 bits per heavy atom. The number of ether oxygens (including phenoxy) is 3. The number of halogens is 7. The molecule has 0 saturated carbocycles. The van der Waals surface area contributed by atoms with E-state index in [1.165, 1.54) is 14.2 Å². The summed E-state index contributed by atoms with van der Waals surface area (Å²) in [5.74, 6) is 1.58. The molecule has 0 aliphatic rings. The lowest BCUT2D eigenvalue weighted by atomic mass is 10.3. The highest BCUT2D eigenvalue weighted by Gasteiger charge is 2.05. The molecule has 0 saturated heterocycles. The van der Waals surface area contributed by atoms with Crippen LogP contribution in [0.2, 0.25) is 0 Å². The fourth-order valence-electron chi connectivity index (χ4n) is 3.21. The molecule has 0 fully saturated rings. The van der Waals surface area contributed by atoms with Crippen molar-refractivity contribution in [2.24, 2.45) is 0 Å². The predicted molar refractivity (Wildman–Crippen MR) is 244 cm³/mol. The molecule has 332 valence electrons. The summed E-state index contributed by atoms with van der Waals surface area (Å²) in [6.07, 6.45) is 0. The van der Waals surface area contributed by atoms with E-state index >= 15 is 0 Å². The molecule has 5 rings (SSSR count). The van der Waals surface area contributed by atoms with Crippen LogP contribution in [0.1, 0.15) is 40.3 Å². The molecule has 2 N–H and O–H groups in total. The van der Waals surface area contributed by atoms with E-state index in [1.807, 2.05) is 69.3 Å². The number of carbonyl (C=O) groups is 1. The van der Waals surface area contributed by atoms with Gasteiger partial charge in [0.1, 0.15) is 10.3 Å². The van der Waals surface area contributed by atoms with Crippen LogP contribution in [0.15, 0.2) is 95.6 Å². The smallest absolute Gasteiger partial charge is 0.356 e. The Bertz CT molecular complexity index is 1860. The number of hydrogen-bond donors (Lipinski definition) is 2. The third-order valence-electron chi connectivity index (χ3n) is 5.40. The SMILES string of the molecule is CO.COC(=O)c1cccc(C)n1.COc1cccc(Br)n1.Cc1cccc(CCl)n1.Cc1cccc(CO)n1.O=S(Cl)Cl.O=S(Cl)Cl.[2H]CF.[C-]#[N+]c1cccc(OC)n1. The Morgan fingerprint density at radius 3 is 1.48 bits per heavy atom. The van der Waals surface area contributed by atoms with Crippen LogP contribution in [-0.2, 0) is 35.7 Å². The lowest BCUT2D eigenvalue weighted by Crippen LogP contribution is -2.04. The maximum absolute atomic E-state index is 10.9. The van der Waals surface area contributed by atoms with Crippen LogP contribution in [0, 0.1) is 27.3 Å². The van der Waals surface area contributed by atoms with Crippen LogP contribution in [0.5, 0.6) is 11.8 Å². The second kappa shape index (κ2) is 43.5. The summed E-state index contributed by atoms with van der Waals surface area (Å²) in [6.45, 7) is 12.3. The van der Waals surface area contributed by atoms with Gasteiger partial charge >= 0.3 is 11.8 Å². The second-order valence-electron chi connectivity index (χ2n) is 9.51. The molecule has 60 heavy (non-hydrogen) atoms. The first-order chi connectivity index (χ1) is 29.0. The van der Waals surface area contributed by atoms with E-state index in [9.17, 15) is 9.18 Å². The van der Waals surface area contributed by atoms with Crippen molar-refractivity contribution in [3.63, 3.8) is 0 Å². The van der Waals surface area contributed by atoms with Crippen molar-refractivity contribution >= 4 is 101 Å². The van der Waals surface area contributed by atoms with Crippen molar-refractivity contribution in [1.82, 2.24) is 24.9 Å². The van der Waals surface area contributed by atoms with Crippen LogP contribution < -0.4 is 9.47 Å². The molecule has 0 bridgehead atoms. The highest BCUT2D eigenvalue weighted by Crippen LogP contribution is 2.13. The Hall–Kier alpha value is -3.61. The number of alkyl halides is 2. The Labute approximate surface area is 388 Å². The molecular weight excluding hydrogens is 997 g/mol. The first-order valence-electron chi connectivity index (χ1n) is 16.5. The fraction of sp³-hybridized carbons (Fsp3) is 0.270. The molecule has 5 aromatic rings. The zero-order valence-corrected chi connectivity index (χ0v) is 40.3. The summed E-state index contributed by atoms with van der Waals surface area (Å²) in [7, 11) is 19.2. The number of aryl methyl sites for hydroxylation is 3. The van der Waals surface area contributed by atoms with Crippen molar-refractivity contribution in [3.8, 4) is 11.8 Å². The molecule has 0 spiro atoms. The van der Waals surface area contributed by atoms with E-state index in [0.717, 1.165) is 40.2 Å². The standard InChI is InChI=1S/C8H9NO2.C7H8ClN.C7H6N2O.C7H9NO.C6H6BrNO.CH3F.CH4O.2Cl2OS/c1-6-4-3-5-7(9-6)8(10)11-2;1-6-3-2-4-7(5-8)9-6;1-8-6-4-3-5-7(9-6)10-2;1-6-3-2-4-7(5-9)8-6;1-9-6-4-2-3-5(7)8-6;2*1-2;2*1-4(2)3/h3-5H,1-2H3;2-4H,5H2,1H3;3-5H,2H3;2-4,9H,5H2,1H3;2-4H,1H3;1H3;2H,1H3;;/i;;;;;1D;;;. The van der Waals surface area contributed by atoms with Gasteiger partial charge in [-0.1, -0.05) is 41.9 Å². The Morgan fingerprint density at radius 1 is 0.750 bits per heavy atom. The Balaban J connectivity index is -0.000000311. The van der Waals surface area contributed by atoms with Gasteiger partial charge in [0.2, 0.25) is 24.3 Å². The quantitative estimate of drug-likeness (QED) is 0.0557. The number of aliphatic hydroxyl groups is 2. The topological polar surface area (TPSA) is 188 Å². The molecule has 0 radical (unpaired) electrons. The zero-order chi connectivity index (χ0) is 47.6. The summed E-state index contributed by atoms with van der Waals surface area (Å²) >= 11 is 8.75. The van der Waals surface area contributed by atoms with Crippen LogP contribution in [0.3, 0.4) is 0 Å². The largest absolute Gasteiger partial charge is 0.481 e. The first kappa shape index (κ1) is 60.7. The Kier molecular flexibility index (Phi) is 44.0. The van der Waals surface area contributed by atoms with Gasteiger partial charge < -0.3 is 29.3 Å². The first-order valence-corrected chi connectivity index (χ1v) is 22.8. The van der Waals surface area contributed by atoms with Crippen molar-refractivity contribution in [2.45, 2.75) is 33.3 Å². The van der Waals surface area contributed by atoms with E-state index in [0.29, 0.717) is 29.2 Å². The molecule has 5 heterocycles. The number of rotatable bonds is 5. The maximum atomic E-state index is 10.9. The summed E-state index contributed by atoms with van der Waals surface area (Å²) < 4.78 is 48.6. The van der Waals surface area contributed by atoms with Crippen molar-refractivity contribution in [2.75, 3.05) is 35.6 Å². The minimum atomic E-state index is -1.67. The minimum absolute atomic E-state index is 0.0294. The van der Waals surface area contributed by atoms with Crippen molar-refractivity contribution in [1.29, 1.82) is 0 Å². The number of nitrogens with zero attached hydrogens (tertiary/aromatic N) is 6. The van der Waals surface area contributed by atoms with Gasteiger partial charge in [-0.25, -0.2) is 23.2 Å². The van der Waals surface area contributed by atoms with Gasteiger partial charge in [0, 0.05) is 79.1 Å². The summed E-state index contributed by atoms with van der Waals surface area (Å²) in [6, 6.07) is 27.2. The normalized spacial score (nSPS) is 8.92. The number of methoxy groups -OCH3 is 3. The molecule has 5 aromatic heterocycles. The van der Waals surface area contributed by atoms with E-state index < -0.39 is 31.6 Å². The molecule has 23 heteroatoms. The van der Waals surface area contributed by atoms with Gasteiger partial charge in [-0.3, -0.25) is 14.4 Å². The van der Waals surface area contributed by atoms with Crippen LogP contribution >= 0.6 is 70.3 Å². The second-order valence-corrected chi connectivity index (χ2v) is 15.6. The summed E-state index contributed by atoms with van der Waals surface area (Å²) in [4.78, 5) is 34.0. The lowest BCUT2D eigenvalue weighted by Gasteiger charge is -1.97. The molecule has 14 nitrogen and oxygen atoms in total. The highest BCUT2D eigenvalue weighted by atomic mass is 79.9. The predicted octanol–water partition coefficient (Wildman–Crippen LogP) is 9.96. The van der Waals surface area contributed by atoms with Gasteiger partial charge in [-0.05, 0) is 85.2 Å². The minimum Gasteiger partial charge on any atom is -0.481 e. The number of esters is 1. The van der Waals surface area contributed by atoms with E-state index in [1.54, 1.807) is 49.6 Å². The zero-order valence-electron chi connectivity index (χ0n) is 34.3. The van der Waals surface area contributed by atoms with E-state index in [2.05, 4.69) is 93.2 Å². The summed E-state index contributed by atoms with van der Waals surface area (Å²) in [5, 5.41) is 15.6. The number of carbonyl (C=O) groups excluding carboxylic acids is 1. The number of pyridine rings is 5. The molecule has 0 aliphatic heterocycles. The molecular formula is C37H45BrCl5FN6O8S2. The van der Waals surface area contributed by atoms with Crippen LogP contribution in [-0.4, -0.2) is 85.1 Å². The van der Waals surface area contributed by atoms with Crippen molar-refractivity contribution in [3.05, 3.63) is 141 Å². The number of hydrogen-bond acceptors (Lipinski definition) is 13. The summed E-state index contributed by atoms with van der Waals surface area (Å²) in [5.41, 5.74) is 4.81. The molecule has 0 amide bonds. The monoisotopic (exact) mass is 1040 g/mol. The van der Waals surface area contributed by atoms with Crippen molar-refractivity contribution < 1.29 is 43.4 Å². The third-order valence-corrected chi connectivity index (χ3v) is 6.12. The van der Waals surface area contributed by atoms with Gasteiger partial charge in [-0.2, -0.15) is 0 Å². The molecule has 0 aromatic carbocycles. The van der Waals surface area contributed by atoms with E-state index in [4.69, 9.17) is 47.6 Å². The third kappa shape index (κ3) is 39.8. The lowest BCUT2D eigenvalue weighted by molar-refractivity contribution is 0.0593. The van der Waals surface area contributed by atoms with E-state index in [-0.39, 0.29) is 6.61 Å². The van der Waals surface area contributed by atoms with Crippen LogP contribution in [0.25, 0.3) is 4.85 Å². The van der Waals surface area contributed by atoms with Gasteiger partial charge in [-0.15, -0.1) is 11.6 Å². The number of aliphatic hydroxyl groups excluding tert-OH is 2. The highest BCUT2D eigenvalue weighted by molar-refractivity contribution is 9.10. The van der Waals surface area contributed by atoms with Gasteiger partial charge in [0.05, 0.1) is 53.7 Å². The maximum Gasteiger partial charge on any atom is 0.356 e. The van der Waals surface area contributed by atoms with Gasteiger partial charge in [0.15, 0.2) is 0 Å². The average molecular weight is 1040 g/mol. The number of aromatic nitrogens is 5. The fourth-order valence-corrected chi connectivity index (χ4v) is 3.68. The average Bonchev–Trinajstić information content (AvgIpc) is 3.25.